The van der Waals surface area contributed by atoms with Gasteiger partial charge in [-0.3, -0.25) is 5.32 Å². The number of anilines is 2. The SMILES string of the molecule is CCOC(=O)c1ccc2nc(NC(=O)Nc3ccc(OC)cc3)sc2c1. The Morgan fingerprint density at radius 2 is 1.88 bits per heavy atom. The van der Waals surface area contributed by atoms with Crippen LogP contribution in [0.1, 0.15) is 17.3 Å². The van der Waals surface area contributed by atoms with E-state index in [-0.39, 0.29) is 5.97 Å². The highest BCUT2D eigenvalue weighted by molar-refractivity contribution is 7.22. The molecule has 0 unspecified atom stereocenters. The second-order valence-electron chi connectivity index (χ2n) is 5.23. The Labute approximate surface area is 154 Å². The minimum absolute atomic E-state index is 0.317. The van der Waals surface area contributed by atoms with Crippen molar-refractivity contribution in [2.45, 2.75) is 6.92 Å². The zero-order chi connectivity index (χ0) is 18.5. The highest BCUT2D eigenvalue weighted by Gasteiger charge is 2.12. The van der Waals surface area contributed by atoms with E-state index in [1.165, 1.54) is 11.3 Å². The number of esters is 1. The van der Waals surface area contributed by atoms with Crippen LogP contribution in [0.3, 0.4) is 0 Å². The quantitative estimate of drug-likeness (QED) is 0.658. The number of hydrogen-bond acceptors (Lipinski definition) is 6. The standard InChI is InChI=1S/C18H17N3O4S/c1-3-25-16(22)11-4-9-14-15(10-11)26-18(20-14)21-17(23)19-12-5-7-13(24-2)8-6-12/h4-10H,3H2,1-2H3,(H2,19,20,21,23). The van der Waals surface area contributed by atoms with Gasteiger partial charge < -0.3 is 14.8 Å². The third kappa shape index (κ3) is 4.09. The molecule has 0 atom stereocenters. The van der Waals surface area contributed by atoms with Crippen molar-refractivity contribution in [1.29, 1.82) is 0 Å². The van der Waals surface area contributed by atoms with Gasteiger partial charge in [0, 0.05) is 5.69 Å². The lowest BCUT2D eigenvalue weighted by atomic mass is 10.2. The molecule has 134 valence electrons. The Kier molecular flexibility index (Phi) is 5.33. The van der Waals surface area contributed by atoms with E-state index in [0.717, 1.165) is 4.70 Å². The Hall–Kier alpha value is -3.13. The number of thiazole rings is 1. The van der Waals surface area contributed by atoms with Crippen LogP contribution >= 0.6 is 11.3 Å². The van der Waals surface area contributed by atoms with E-state index in [2.05, 4.69) is 15.6 Å². The Bertz CT molecular complexity index is 937. The third-order valence-electron chi connectivity index (χ3n) is 3.47. The summed E-state index contributed by atoms with van der Waals surface area (Å²) in [5.41, 5.74) is 1.79. The van der Waals surface area contributed by atoms with Gasteiger partial charge in [-0.25, -0.2) is 14.6 Å². The number of ether oxygens (including phenoxy) is 2. The number of urea groups is 1. The molecule has 0 bridgehead atoms. The van der Waals surface area contributed by atoms with Gasteiger partial charge in [-0.05, 0) is 49.4 Å². The van der Waals surface area contributed by atoms with Gasteiger partial charge in [0.15, 0.2) is 5.13 Å². The summed E-state index contributed by atoms with van der Waals surface area (Å²) in [6.07, 6.45) is 0. The number of aromatic nitrogens is 1. The van der Waals surface area contributed by atoms with Crippen LogP contribution in [0.5, 0.6) is 5.75 Å². The van der Waals surface area contributed by atoms with Gasteiger partial charge in [-0.15, -0.1) is 0 Å². The van der Waals surface area contributed by atoms with Crippen molar-refractivity contribution in [3.05, 3.63) is 48.0 Å². The lowest BCUT2D eigenvalue weighted by Crippen LogP contribution is -2.19. The molecule has 3 rings (SSSR count). The number of carbonyl (C=O) groups is 2. The van der Waals surface area contributed by atoms with Crippen LogP contribution < -0.4 is 15.4 Å². The van der Waals surface area contributed by atoms with Gasteiger partial charge in [0.25, 0.3) is 0 Å². The summed E-state index contributed by atoms with van der Waals surface area (Å²) in [4.78, 5) is 28.3. The van der Waals surface area contributed by atoms with Crippen molar-refractivity contribution in [2.24, 2.45) is 0 Å². The van der Waals surface area contributed by atoms with Crippen LogP contribution in [0.2, 0.25) is 0 Å². The van der Waals surface area contributed by atoms with Gasteiger partial charge in [-0.1, -0.05) is 11.3 Å². The Morgan fingerprint density at radius 1 is 1.12 bits per heavy atom. The molecule has 0 aliphatic rings. The fourth-order valence-electron chi connectivity index (χ4n) is 2.25. The number of carbonyl (C=O) groups excluding carboxylic acids is 2. The van der Waals surface area contributed by atoms with Crippen LogP contribution in [0, 0.1) is 0 Å². The molecule has 26 heavy (non-hydrogen) atoms. The first-order valence-electron chi connectivity index (χ1n) is 7.89. The summed E-state index contributed by atoms with van der Waals surface area (Å²) in [6, 6.07) is 11.7. The van der Waals surface area contributed by atoms with Crippen molar-refractivity contribution in [3.63, 3.8) is 0 Å². The van der Waals surface area contributed by atoms with E-state index in [0.29, 0.717) is 34.3 Å². The van der Waals surface area contributed by atoms with E-state index >= 15 is 0 Å². The van der Waals surface area contributed by atoms with Crippen LogP contribution in [-0.4, -0.2) is 30.7 Å². The highest BCUT2D eigenvalue weighted by Crippen LogP contribution is 2.27. The summed E-state index contributed by atoms with van der Waals surface area (Å²) >= 11 is 1.28. The molecular formula is C18H17N3O4S. The number of amides is 2. The third-order valence-corrected chi connectivity index (χ3v) is 4.40. The number of nitrogens with one attached hydrogen (secondary N) is 2. The smallest absolute Gasteiger partial charge is 0.338 e. The first-order chi connectivity index (χ1) is 12.6. The van der Waals surface area contributed by atoms with E-state index < -0.39 is 6.03 Å². The second kappa shape index (κ2) is 7.83. The molecule has 8 heteroatoms. The maximum atomic E-state index is 12.1. The maximum Gasteiger partial charge on any atom is 0.338 e. The summed E-state index contributed by atoms with van der Waals surface area (Å²) < 4.78 is 10.9. The van der Waals surface area contributed by atoms with Crippen molar-refractivity contribution in [1.82, 2.24) is 4.98 Å². The fourth-order valence-corrected chi connectivity index (χ4v) is 3.15. The van der Waals surface area contributed by atoms with E-state index in [1.54, 1.807) is 56.5 Å². The van der Waals surface area contributed by atoms with E-state index in [9.17, 15) is 9.59 Å². The molecule has 0 saturated carbocycles. The van der Waals surface area contributed by atoms with Gasteiger partial charge >= 0.3 is 12.0 Å². The van der Waals surface area contributed by atoms with Gasteiger partial charge in [-0.2, -0.15) is 0 Å². The minimum Gasteiger partial charge on any atom is -0.497 e. The lowest BCUT2D eigenvalue weighted by Gasteiger charge is -2.06. The average Bonchev–Trinajstić information content (AvgIpc) is 3.03. The van der Waals surface area contributed by atoms with Gasteiger partial charge in [0.1, 0.15) is 5.75 Å². The molecule has 1 heterocycles. The van der Waals surface area contributed by atoms with Crippen LogP contribution in [0.25, 0.3) is 10.2 Å². The van der Waals surface area contributed by atoms with Crippen LogP contribution in [0.4, 0.5) is 15.6 Å². The molecular weight excluding hydrogens is 354 g/mol. The van der Waals surface area contributed by atoms with E-state index in [1.807, 2.05) is 0 Å². The lowest BCUT2D eigenvalue weighted by molar-refractivity contribution is 0.0526. The van der Waals surface area contributed by atoms with Crippen molar-refractivity contribution in [2.75, 3.05) is 24.4 Å². The highest BCUT2D eigenvalue weighted by atomic mass is 32.1. The molecule has 0 spiro atoms. The predicted octanol–water partition coefficient (Wildman–Crippen LogP) is 4.13. The zero-order valence-corrected chi connectivity index (χ0v) is 15.1. The first kappa shape index (κ1) is 17.7. The maximum absolute atomic E-state index is 12.1. The number of fused-ring (bicyclic) bond motifs is 1. The molecule has 3 aromatic rings. The molecule has 2 amide bonds. The normalized spacial score (nSPS) is 10.4. The Balaban J connectivity index is 1.69. The number of methoxy groups -OCH3 is 1. The van der Waals surface area contributed by atoms with Crippen LogP contribution in [-0.2, 0) is 4.74 Å². The fraction of sp³-hybridized carbons (Fsp3) is 0.167. The van der Waals surface area contributed by atoms with Crippen molar-refractivity contribution >= 4 is 44.4 Å². The molecule has 0 aliphatic heterocycles. The van der Waals surface area contributed by atoms with Gasteiger partial charge in [0.2, 0.25) is 0 Å². The van der Waals surface area contributed by atoms with Crippen molar-refractivity contribution < 1.29 is 19.1 Å². The Morgan fingerprint density at radius 3 is 2.58 bits per heavy atom. The molecule has 2 aromatic carbocycles. The largest absolute Gasteiger partial charge is 0.497 e. The molecule has 2 N–H and O–H groups in total. The van der Waals surface area contributed by atoms with Crippen molar-refractivity contribution in [3.8, 4) is 5.75 Å². The summed E-state index contributed by atoms with van der Waals surface area (Å²) in [5.74, 6) is 0.328. The second-order valence-corrected chi connectivity index (χ2v) is 6.26. The van der Waals surface area contributed by atoms with E-state index in [4.69, 9.17) is 9.47 Å². The summed E-state index contributed by atoms with van der Waals surface area (Å²) in [5, 5.41) is 5.85. The molecule has 0 saturated heterocycles. The first-order valence-corrected chi connectivity index (χ1v) is 8.70. The zero-order valence-electron chi connectivity index (χ0n) is 14.2. The molecule has 0 fully saturated rings. The number of benzene rings is 2. The van der Waals surface area contributed by atoms with Crippen LogP contribution in [0.15, 0.2) is 42.5 Å². The molecule has 0 radical (unpaired) electrons. The average molecular weight is 371 g/mol. The minimum atomic E-state index is -0.403. The summed E-state index contributed by atoms with van der Waals surface area (Å²) in [6.45, 7) is 2.07. The number of hydrogen-bond donors (Lipinski definition) is 2. The summed E-state index contributed by atoms with van der Waals surface area (Å²) in [7, 11) is 1.58. The van der Waals surface area contributed by atoms with Gasteiger partial charge in [0.05, 0.1) is 29.5 Å². The number of rotatable bonds is 5. The molecule has 7 nitrogen and oxygen atoms in total. The monoisotopic (exact) mass is 371 g/mol. The molecule has 0 aliphatic carbocycles. The predicted molar refractivity (Wildman–Crippen MR) is 101 cm³/mol. The molecule has 1 aromatic heterocycles. The number of nitrogens with zero attached hydrogens (tertiary/aromatic N) is 1. The topological polar surface area (TPSA) is 89.5 Å².